The molecule has 43 heavy (non-hydrogen) atoms. The van der Waals surface area contributed by atoms with Crippen LogP contribution in [-0.2, 0) is 22.6 Å². The van der Waals surface area contributed by atoms with Crippen molar-refractivity contribution in [1.29, 1.82) is 0 Å². The smallest absolute Gasteiger partial charge is 0.254 e. The van der Waals surface area contributed by atoms with Crippen LogP contribution in [0.3, 0.4) is 0 Å². The Morgan fingerprint density at radius 3 is 2.37 bits per heavy atom. The molecule has 1 aromatic heterocycles. The molecule has 0 radical (unpaired) electrons. The van der Waals surface area contributed by atoms with Gasteiger partial charge in [0, 0.05) is 74.5 Å². The van der Waals surface area contributed by atoms with Crippen molar-refractivity contribution in [2.45, 2.75) is 59.7 Å². The molecule has 0 spiro atoms. The summed E-state index contributed by atoms with van der Waals surface area (Å²) in [4.78, 5) is 33.7. The van der Waals surface area contributed by atoms with Crippen molar-refractivity contribution in [3.63, 3.8) is 0 Å². The lowest BCUT2D eigenvalue weighted by Crippen LogP contribution is -2.40. The van der Waals surface area contributed by atoms with Crippen LogP contribution in [0.25, 0.3) is 11.1 Å². The van der Waals surface area contributed by atoms with Crippen LogP contribution >= 0.6 is 0 Å². The number of nitrogens with one attached hydrogen (secondary N) is 2. The van der Waals surface area contributed by atoms with E-state index in [-0.39, 0.29) is 23.7 Å². The maximum Gasteiger partial charge on any atom is 0.254 e. The van der Waals surface area contributed by atoms with E-state index < -0.39 is 11.7 Å². The molecule has 0 unspecified atom stereocenters. The van der Waals surface area contributed by atoms with E-state index in [0.717, 1.165) is 68.2 Å². The Bertz CT molecular complexity index is 1490. The molecule has 3 heterocycles. The van der Waals surface area contributed by atoms with Gasteiger partial charge in [0.15, 0.2) is 0 Å². The first-order valence-electron chi connectivity index (χ1n) is 15.3. The number of ether oxygens (including phenoxy) is 2. The standard InChI is InChI=1S/C34H43FN4O4/c1-5-39(27-10-14-42-15-11-27)30-19-28(26-8-6-25(7-9-26)21-38-12-16-43-17-13-38)32(35)31(24(30)4)34(41)36-20-29-22(2)18-23(3)37-33(29)40/h6-9,18-19,27H,5,10-17,20-21H2,1-4H3,(H,36,41)(H,37,40). The third kappa shape index (κ3) is 7.00. The van der Waals surface area contributed by atoms with Gasteiger partial charge in [-0.3, -0.25) is 14.5 Å². The summed E-state index contributed by atoms with van der Waals surface area (Å²) in [5.41, 5.74) is 5.43. The molecular formula is C34H43FN4O4. The molecule has 5 rings (SSSR count). The second-order valence-corrected chi connectivity index (χ2v) is 11.6. The first-order chi connectivity index (χ1) is 20.8. The van der Waals surface area contributed by atoms with Gasteiger partial charge in [-0.1, -0.05) is 24.3 Å². The number of hydrogen-bond donors (Lipinski definition) is 2. The molecule has 3 aromatic rings. The zero-order chi connectivity index (χ0) is 30.5. The topological polar surface area (TPSA) is 86.9 Å². The lowest BCUT2D eigenvalue weighted by molar-refractivity contribution is 0.0342. The van der Waals surface area contributed by atoms with Gasteiger partial charge < -0.3 is 24.7 Å². The number of benzene rings is 2. The van der Waals surface area contributed by atoms with E-state index >= 15 is 4.39 Å². The molecule has 1 amide bonds. The van der Waals surface area contributed by atoms with Crippen molar-refractivity contribution in [2.24, 2.45) is 0 Å². The van der Waals surface area contributed by atoms with Crippen LogP contribution in [0.5, 0.6) is 0 Å². The number of pyridine rings is 1. The number of nitrogens with zero attached hydrogens (tertiary/aromatic N) is 2. The van der Waals surface area contributed by atoms with Crippen molar-refractivity contribution >= 4 is 11.6 Å². The highest BCUT2D eigenvalue weighted by Crippen LogP contribution is 2.36. The van der Waals surface area contributed by atoms with Crippen molar-refractivity contribution in [2.75, 3.05) is 51.0 Å². The highest BCUT2D eigenvalue weighted by Gasteiger charge is 2.28. The van der Waals surface area contributed by atoms with Gasteiger partial charge in [0.25, 0.3) is 11.5 Å². The maximum absolute atomic E-state index is 16.5. The predicted molar refractivity (Wildman–Crippen MR) is 167 cm³/mol. The van der Waals surface area contributed by atoms with Gasteiger partial charge in [0.2, 0.25) is 0 Å². The molecule has 230 valence electrons. The third-order valence-electron chi connectivity index (χ3n) is 8.70. The largest absolute Gasteiger partial charge is 0.381 e. The Hall–Kier alpha value is -3.53. The Morgan fingerprint density at radius 1 is 1.05 bits per heavy atom. The van der Waals surface area contributed by atoms with Crippen LogP contribution in [-0.4, -0.2) is 67.9 Å². The van der Waals surface area contributed by atoms with Crippen LogP contribution in [0.4, 0.5) is 10.1 Å². The van der Waals surface area contributed by atoms with Crippen LogP contribution in [0.1, 0.15) is 58.1 Å². The number of aryl methyl sites for hydroxylation is 2. The molecule has 0 saturated carbocycles. The van der Waals surface area contributed by atoms with Crippen molar-refractivity contribution in [3.05, 3.63) is 86.1 Å². The molecule has 2 aliphatic heterocycles. The number of morpholine rings is 1. The SMILES string of the molecule is CCN(c1cc(-c2ccc(CN3CCOCC3)cc2)c(F)c(C(=O)NCc2c(C)cc(C)[nH]c2=O)c1C)C1CCOCC1. The van der Waals surface area contributed by atoms with E-state index in [1.807, 2.05) is 57.2 Å². The highest BCUT2D eigenvalue weighted by molar-refractivity contribution is 5.99. The van der Waals surface area contributed by atoms with Crippen LogP contribution < -0.4 is 15.8 Å². The Balaban J connectivity index is 1.51. The Morgan fingerprint density at radius 2 is 1.72 bits per heavy atom. The number of carbonyl (C=O) groups is 1. The lowest BCUT2D eigenvalue weighted by Gasteiger charge is -2.37. The second kappa shape index (κ2) is 13.8. The number of aromatic amines is 1. The third-order valence-corrected chi connectivity index (χ3v) is 8.70. The van der Waals surface area contributed by atoms with Gasteiger partial charge in [0.05, 0.1) is 18.8 Å². The summed E-state index contributed by atoms with van der Waals surface area (Å²) < 4.78 is 27.6. The first kappa shape index (κ1) is 30.9. The van der Waals surface area contributed by atoms with E-state index in [2.05, 4.69) is 27.0 Å². The summed E-state index contributed by atoms with van der Waals surface area (Å²) >= 11 is 0. The summed E-state index contributed by atoms with van der Waals surface area (Å²) in [7, 11) is 0. The normalized spacial score (nSPS) is 16.3. The number of carbonyl (C=O) groups excluding carboxylic acids is 1. The Kier molecular flexibility index (Phi) is 9.95. The lowest BCUT2D eigenvalue weighted by atomic mass is 9.93. The van der Waals surface area contributed by atoms with Gasteiger partial charge in [-0.15, -0.1) is 0 Å². The molecule has 0 aliphatic carbocycles. The van der Waals surface area contributed by atoms with Gasteiger partial charge in [-0.2, -0.15) is 0 Å². The van der Waals surface area contributed by atoms with Crippen molar-refractivity contribution < 1.29 is 18.7 Å². The van der Waals surface area contributed by atoms with E-state index in [4.69, 9.17) is 9.47 Å². The van der Waals surface area contributed by atoms with E-state index in [0.29, 0.717) is 42.0 Å². The minimum atomic E-state index is -0.558. The Labute approximate surface area is 253 Å². The number of anilines is 1. The first-order valence-corrected chi connectivity index (χ1v) is 15.3. The van der Waals surface area contributed by atoms with Gasteiger partial charge >= 0.3 is 0 Å². The minimum absolute atomic E-state index is 0.00636. The average molecular weight is 591 g/mol. The molecular weight excluding hydrogens is 547 g/mol. The van der Waals surface area contributed by atoms with E-state index in [9.17, 15) is 9.59 Å². The summed E-state index contributed by atoms with van der Waals surface area (Å²) in [5.74, 6) is -1.10. The molecule has 2 aromatic carbocycles. The number of rotatable bonds is 9. The molecule has 2 fully saturated rings. The van der Waals surface area contributed by atoms with Crippen molar-refractivity contribution in [1.82, 2.24) is 15.2 Å². The molecule has 2 saturated heterocycles. The highest BCUT2D eigenvalue weighted by atomic mass is 19.1. The van der Waals surface area contributed by atoms with E-state index in [1.54, 1.807) is 0 Å². The zero-order valence-electron chi connectivity index (χ0n) is 25.7. The van der Waals surface area contributed by atoms with E-state index in [1.165, 1.54) is 0 Å². The minimum Gasteiger partial charge on any atom is -0.381 e. The fourth-order valence-corrected chi connectivity index (χ4v) is 6.30. The number of hydrogen-bond acceptors (Lipinski definition) is 6. The molecule has 2 N–H and O–H groups in total. The summed E-state index contributed by atoms with van der Waals surface area (Å²) in [6.07, 6.45) is 1.74. The van der Waals surface area contributed by atoms with Crippen LogP contribution in [0, 0.1) is 26.6 Å². The molecule has 8 nitrogen and oxygen atoms in total. The summed E-state index contributed by atoms with van der Waals surface area (Å²) in [6, 6.07) is 11.9. The molecule has 2 aliphatic rings. The molecule has 0 bridgehead atoms. The molecule has 9 heteroatoms. The van der Waals surface area contributed by atoms with Crippen molar-refractivity contribution in [3.8, 4) is 11.1 Å². The number of halogens is 1. The predicted octanol–water partition coefficient (Wildman–Crippen LogP) is 4.87. The fraction of sp³-hybridized carbons (Fsp3) is 0.471. The number of aromatic nitrogens is 1. The summed E-state index contributed by atoms with van der Waals surface area (Å²) in [6.45, 7) is 13.7. The van der Waals surface area contributed by atoms with Gasteiger partial charge in [0.1, 0.15) is 5.82 Å². The maximum atomic E-state index is 16.5. The average Bonchev–Trinajstić information content (AvgIpc) is 3.00. The summed E-state index contributed by atoms with van der Waals surface area (Å²) in [5, 5.41) is 2.84. The number of amides is 1. The fourth-order valence-electron chi connectivity index (χ4n) is 6.30. The second-order valence-electron chi connectivity index (χ2n) is 11.6. The monoisotopic (exact) mass is 590 g/mol. The van der Waals surface area contributed by atoms with Gasteiger partial charge in [-0.05, 0) is 74.9 Å². The van der Waals surface area contributed by atoms with Crippen LogP contribution in [0.15, 0.2) is 41.2 Å². The number of H-pyrrole nitrogens is 1. The molecule has 0 atom stereocenters. The van der Waals surface area contributed by atoms with Gasteiger partial charge in [-0.25, -0.2) is 4.39 Å². The quantitative estimate of drug-likeness (QED) is 0.370. The van der Waals surface area contributed by atoms with Crippen LogP contribution in [0.2, 0.25) is 0 Å². The zero-order valence-corrected chi connectivity index (χ0v) is 25.7.